The first-order valence-electron chi connectivity index (χ1n) is 5.70. The molecule has 4 N–H and O–H groups in total. The molecule has 0 fully saturated rings. The van der Waals surface area contributed by atoms with Gasteiger partial charge in [0.15, 0.2) is 0 Å². The minimum atomic E-state index is -0.261. The Morgan fingerprint density at radius 3 is 2.06 bits per heavy atom. The van der Waals surface area contributed by atoms with Gasteiger partial charge in [-0.15, -0.1) is 0 Å². The maximum Gasteiger partial charge on any atom is 0.0360 e. The molecule has 0 heterocycles. The van der Waals surface area contributed by atoms with Crippen LogP contribution in [0.5, 0.6) is 0 Å². The molecule has 2 aromatic carbocycles. The fourth-order valence-electron chi connectivity index (χ4n) is 2.76. The third-order valence-electron chi connectivity index (χ3n) is 3.57. The first kappa shape index (κ1) is 9.82. The van der Waals surface area contributed by atoms with E-state index in [1.54, 1.807) is 0 Å². The van der Waals surface area contributed by atoms with Gasteiger partial charge in [0.05, 0.1) is 0 Å². The summed E-state index contributed by atoms with van der Waals surface area (Å²) in [5, 5.41) is 2.70. The molecule has 0 saturated carbocycles. The standard InChI is InChI=1S/C14H16N2/c15-9-14(16)7-11-5-1-3-10-4-2-6-12(8-14)13(10)11/h1-6H,7-9,15-16H2. The Balaban J connectivity index is 2.28. The van der Waals surface area contributed by atoms with E-state index >= 15 is 0 Å². The van der Waals surface area contributed by atoms with E-state index in [-0.39, 0.29) is 5.54 Å². The molecule has 0 aromatic heterocycles. The number of hydrogen-bond donors (Lipinski definition) is 2. The highest BCUT2D eigenvalue weighted by Crippen LogP contribution is 2.32. The number of hydrogen-bond acceptors (Lipinski definition) is 2. The second kappa shape index (κ2) is 3.30. The lowest BCUT2D eigenvalue weighted by atomic mass is 9.77. The van der Waals surface area contributed by atoms with Gasteiger partial charge in [-0.3, -0.25) is 0 Å². The highest BCUT2D eigenvalue weighted by Gasteiger charge is 2.29. The molecule has 0 amide bonds. The van der Waals surface area contributed by atoms with Crippen molar-refractivity contribution in [3.05, 3.63) is 47.5 Å². The summed E-state index contributed by atoms with van der Waals surface area (Å²) in [6, 6.07) is 12.9. The molecule has 16 heavy (non-hydrogen) atoms. The second-order valence-corrected chi connectivity index (χ2v) is 4.85. The van der Waals surface area contributed by atoms with Gasteiger partial charge in [0.2, 0.25) is 0 Å². The van der Waals surface area contributed by atoms with Crippen LogP contribution in [-0.2, 0) is 12.8 Å². The molecule has 0 unspecified atom stereocenters. The van der Waals surface area contributed by atoms with Crippen molar-refractivity contribution in [3.8, 4) is 0 Å². The van der Waals surface area contributed by atoms with Crippen LogP contribution >= 0.6 is 0 Å². The van der Waals surface area contributed by atoms with Crippen molar-refractivity contribution < 1.29 is 0 Å². The van der Waals surface area contributed by atoms with Crippen molar-refractivity contribution in [2.45, 2.75) is 18.4 Å². The molecule has 2 nitrogen and oxygen atoms in total. The first-order valence-corrected chi connectivity index (χ1v) is 5.70. The quantitative estimate of drug-likeness (QED) is 0.754. The van der Waals surface area contributed by atoms with Crippen LogP contribution in [0.25, 0.3) is 10.8 Å². The van der Waals surface area contributed by atoms with Gasteiger partial charge in [-0.1, -0.05) is 36.4 Å². The summed E-state index contributed by atoms with van der Waals surface area (Å²) in [6.07, 6.45) is 1.77. The predicted molar refractivity (Wildman–Crippen MR) is 67.3 cm³/mol. The van der Waals surface area contributed by atoms with Crippen LogP contribution in [0, 0.1) is 0 Å². The van der Waals surface area contributed by atoms with Crippen molar-refractivity contribution in [1.29, 1.82) is 0 Å². The largest absolute Gasteiger partial charge is 0.329 e. The molecule has 82 valence electrons. The normalized spacial score (nSPS) is 17.6. The highest BCUT2D eigenvalue weighted by atomic mass is 14.8. The lowest BCUT2D eigenvalue weighted by molar-refractivity contribution is 0.425. The van der Waals surface area contributed by atoms with E-state index in [0.29, 0.717) is 6.54 Å². The molecule has 0 radical (unpaired) electrons. The van der Waals surface area contributed by atoms with Gasteiger partial charge in [-0.05, 0) is 34.7 Å². The van der Waals surface area contributed by atoms with E-state index in [1.165, 1.54) is 21.9 Å². The van der Waals surface area contributed by atoms with Crippen LogP contribution in [0.4, 0.5) is 0 Å². The van der Waals surface area contributed by atoms with E-state index < -0.39 is 0 Å². The lowest BCUT2D eigenvalue weighted by Crippen LogP contribution is -2.52. The van der Waals surface area contributed by atoms with E-state index in [9.17, 15) is 0 Å². The molecule has 0 spiro atoms. The topological polar surface area (TPSA) is 52.0 Å². The zero-order valence-corrected chi connectivity index (χ0v) is 9.24. The number of nitrogens with two attached hydrogens (primary N) is 2. The Morgan fingerprint density at radius 2 is 1.56 bits per heavy atom. The summed E-state index contributed by atoms with van der Waals surface area (Å²) in [7, 11) is 0. The molecule has 0 aliphatic heterocycles. The third-order valence-corrected chi connectivity index (χ3v) is 3.57. The van der Waals surface area contributed by atoms with Crippen LogP contribution in [-0.4, -0.2) is 12.1 Å². The van der Waals surface area contributed by atoms with Gasteiger partial charge in [0.25, 0.3) is 0 Å². The second-order valence-electron chi connectivity index (χ2n) is 4.85. The van der Waals surface area contributed by atoms with Gasteiger partial charge in [0, 0.05) is 12.1 Å². The Morgan fingerprint density at radius 1 is 1.00 bits per heavy atom. The van der Waals surface area contributed by atoms with Gasteiger partial charge >= 0.3 is 0 Å². The molecule has 0 saturated heterocycles. The summed E-state index contributed by atoms with van der Waals surface area (Å²) in [5.74, 6) is 0. The Hall–Kier alpha value is -1.38. The number of rotatable bonds is 1. The van der Waals surface area contributed by atoms with Crippen LogP contribution in [0.1, 0.15) is 11.1 Å². The van der Waals surface area contributed by atoms with Gasteiger partial charge in [0.1, 0.15) is 0 Å². The summed E-state index contributed by atoms with van der Waals surface area (Å²) in [6.45, 7) is 0.539. The van der Waals surface area contributed by atoms with Crippen molar-refractivity contribution in [2.75, 3.05) is 6.54 Å². The van der Waals surface area contributed by atoms with E-state index in [0.717, 1.165) is 12.8 Å². The van der Waals surface area contributed by atoms with Crippen molar-refractivity contribution in [3.63, 3.8) is 0 Å². The average Bonchev–Trinajstić information content (AvgIpc) is 2.29. The van der Waals surface area contributed by atoms with Gasteiger partial charge in [-0.25, -0.2) is 0 Å². The Kier molecular flexibility index (Phi) is 2.03. The minimum absolute atomic E-state index is 0.261. The molecule has 3 rings (SSSR count). The zero-order valence-electron chi connectivity index (χ0n) is 9.24. The zero-order chi connectivity index (χ0) is 11.2. The summed E-state index contributed by atoms with van der Waals surface area (Å²) >= 11 is 0. The maximum absolute atomic E-state index is 6.32. The Bertz CT molecular complexity index is 505. The SMILES string of the molecule is NCC1(N)Cc2cccc3cccc(c23)C1. The van der Waals surface area contributed by atoms with E-state index in [1.807, 2.05) is 0 Å². The van der Waals surface area contributed by atoms with Crippen molar-refractivity contribution in [1.82, 2.24) is 0 Å². The van der Waals surface area contributed by atoms with E-state index in [2.05, 4.69) is 36.4 Å². The fraction of sp³-hybridized carbons (Fsp3) is 0.286. The molecule has 0 atom stereocenters. The molecule has 1 aliphatic carbocycles. The van der Waals surface area contributed by atoms with Crippen LogP contribution < -0.4 is 11.5 Å². The van der Waals surface area contributed by atoms with Gasteiger partial charge in [-0.2, -0.15) is 0 Å². The molecular formula is C14H16N2. The monoisotopic (exact) mass is 212 g/mol. The Labute approximate surface area is 95.2 Å². The molecule has 2 aromatic rings. The van der Waals surface area contributed by atoms with Crippen molar-refractivity contribution >= 4 is 10.8 Å². The first-order chi connectivity index (χ1) is 7.72. The van der Waals surface area contributed by atoms with Crippen molar-refractivity contribution in [2.24, 2.45) is 11.5 Å². The van der Waals surface area contributed by atoms with Crippen LogP contribution in [0.15, 0.2) is 36.4 Å². The highest BCUT2D eigenvalue weighted by molar-refractivity contribution is 5.90. The third kappa shape index (κ3) is 1.34. The molecule has 0 bridgehead atoms. The van der Waals surface area contributed by atoms with E-state index in [4.69, 9.17) is 11.5 Å². The number of benzene rings is 2. The lowest BCUT2D eigenvalue weighted by Gasteiger charge is -2.33. The fourth-order valence-corrected chi connectivity index (χ4v) is 2.76. The molecule has 1 aliphatic rings. The van der Waals surface area contributed by atoms with Crippen LogP contribution in [0.2, 0.25) is 0 Å². The molecular weight excluding hydrogens is 196 g/mol. The average molecular weight is 212 g/mol. The summed E-state index contributed by atoms with van der Waals surface area (Å²) < 4.78 is 0. The molecule has 2 heteroatoms. The predicted octanol–water partition coefficient (Wildman–Crippen LogP) is 1.59. The minimum Gasteiger partial charge on any atom is -0.329 e. The van der Waals surface area contributed by atoms with Crippen LogP contribution in [0.3, 0.4) is 0 Å². The summed E-state index contributed by atoms with van der Waals surface area (Å²) in [4.78, 5) is 0. The smallest absolute Gasteiger partial charge is 0.0360 e. The summed E-state index contributed by atoms with van der Waals surface area (Å²) in [5.41, 5.74) is 14.5. The van der Waals surface area contributed by atoms with Gasteiger partial charge < -0.3 is 11.5 Å². The maximum atomic E-state index is 6.32.